The van der Waals surface area contributed by atoms with E-state index in [1.807, 2.05) is 18.2 Å². The van der Waals surface area contributed by atoms with Gasteiger partial charge in [-0.25, -0.2) is 4.98 Å². The summed E-state index contributed by atoms with van der Waals surface area (Å²) in [4.78, 5) is 23.1. The molecule has 2 aromatic heterocycles. The van der Waals surface area contributed by atoms with E-state index < -0.39 is 0 Å². The lowest BCUT2D eigenvalue weighted by Gasteiger charge is -2.29. The summed E-state index contributed by atoms with van der Waals surface area (Å²) in [6, 6.07) is 11.5. The van der Waals surface area contributed by atoms with Crippen LogP contribution in [0.15, 0.2) is 40.9 Å². The molecule has 0 radical (unpaired) electrons. The Morgan fingerprint density at radius 2 is 1.89 bits per heavy atom. The van der Waals surface area contributed by atoms with Gasteiger partial charge in [-0.3, -0.25) is 14.6 Å². The maximum Gasteiger partial charge on any atom is 0.266 e. The number of benzene rings is 2. The zero-order valence-electron chi connectivity index (χ0n) is 20.4. The van der Waals surface area contributed by atoms with Gasteiger partial charge < -0.3 is 9.26 Å². The molecular formula is C26H28Cl2N4O3S. The number of amides is 1. The Labute approximate surface area is 225 Å². The molecule has 0 atom stereocenters. The summed E-state index contributed by atoms with van der Waals surface area (Å²) in [5, 5.41) is 5.39. The largest absolute Gasteiger partial charge is 0.379 e. The minimum atomic E-state index is -0.194. The summed E-state index contributed by atoms with van der Waals surface area (Å²) in [5.74, 6) is 0.259. The standard InChI is InChI=1S/C26H27ClN4O3S.ClH/c1-16-8-9-21-23(17(16)2)28-26(35-21)31(11-10-30-12-14-33-15-13-30)25(32)22-18(3)34-29-24(22)19-6-4-5-7-20(19)27;/h4-9H,10-15H2,1-3H3;1H. The maximum absolute atomic E-state index is 14.1. The zero-order chi connectivity index (χ0) is 24.5. The summed E-state index contributed by atoms with van der Waals surface area (Å²) < 4.78 is 12.0. The molecule has 0 aliphatic carbocycles. The molecule has 1 amide bonds. The van der Waals surface area contributed by atoms with Crippen LogP contribution in [0.2, 0.25) is 5.02 Å². The van der Waals surface area contributed by atoms with Crippen molar-refractivity contribution in [3.8, 4) is 11.3 Å². The number of halogens is 2. The van der Waals surface area contributed by atoms with Crippen molar-refractivity contribution in [3.63, 3.8) is 0 Å². The lowest BCUT2D eigenvalue weighted by atomic mass is 10.1. The second-order valence-corrected chi connectivity index (χ2v) is 10.1. The Hall–Kier alpha value is -2.49. The van der Waals surface area contributed by atoms with Crippen molar-refractivity contribution in [2.45, 2.75) is 20.8 Å². The van der Waals surface area contributed by atoms with Crippen LogP contribution >= 0.6 is 35.3 Å². The number of anilines is 1. The van der Waals surface area contributed by atoms with Crippen molar-refractivity contribution in [2.75, 3.05) is 44.3 Å². The number of aromatic nitrogens is 2. The van der Waals surface area contributed by atoms with Gasteiger partial charge >= 0.3 is 0 Å². The molecule has 0 unspecified atom stereocenters. The monoisotopic (exact) mass is 546 g/mol. The minimum absolute atomic E-state index is 0. The van der Waals surface area contributed by atoms with Crippen molar-refractivity contribution in [2.24, 2.45) is 0 Å². The molecule has 0 saturated carbocycles. The van der Waals surface area contributed by atoms with E-state index in [0.29, 0.717) is 52.5 Å². The number of hydrogen-bond donors (Lipinski definition) is 0. The summed E-state index contributed by atoms with van der Waals surface area (Å²) in [5.41, 5.74) is 4.76. The van der Waals surface area contributed by atoms with Crippen LogP contribution in [0.5, 0.6) is 0 Å². The Balaban J connectivity index is 0.00000304. The molecule has 1 saturated heterocycles. The Morgan fingerprint density at radius 1 is 1.14 bits per heavy atom. The summed E-state index contributed by atoms with van der Waals surface area (Å²) in [6.45, 7) is 10.2. The molecule has 5 rings (SSSR count). The number of ether oxygens (including phenoxy) is 1. The van der Waals surface area contributed by atoms with Crippen LogP contribution in [0, 0.1) is 20.8 Å². The lowest BCUT2D eigenvalue weighted by Crippen LogP contribution is -2.43. The molecule has 0 N–H and O–H groups in total. The van der Waals surface area contributed by atoms with E-state index >= 15 is 0 Å². The quantitative estimate of drug-likeness (QED) is 0.298. The van der Waals surface area contributed by atoms with E-state index in [0.717, 1.165) is 35.4 Å². The number of carbonyl (C=O) groups excluding carboxylic acids is 1. The first-order chi connectivity index (χ1) is 16.9. The highest BCUT2D eigenvalue weighted by Gasteiger charge is 2.30. The number of aryl methyl sites for hydroxylation is 3. The number of rotatable bonds is 6. The van der Waals surface area contributed by atoms with Crippen molar-refractivity contribution in [3.05, 3.63) is 63.9 Å². The Bertz CT molecular complexity index is 1380. The fourth-order valence-corrected chi connectivity index (χ4v) is 5.55. The van der Waals surface area contributed by atoms with Gasteiger partial charge in [0.25, 0.3) is 5.91 Å². The van der Waals surface area contributed by atoms with Crippen LogP contribution < -0.4 is 4.90 Å². The summed E-state index contributed by atoms with van der Waals surface area (Å²) >= 11 is 7.98. The van der Waals surface area contributed by atoms with E-state index in [9.17, 15) is 4.79 Å². The van der Waals surface area contributed by atoms with E-state index in [1.54, 1.807) is 17.9 Å². The second kappa shape index (κ2) is 11.3. The molecule has 1 aliphatic heterocycles. The normalized spacial score (nSPS) is 14.1. The van der Waals surface area contributed by atoms with Gasteiger partial charge in [-0.05, 0) is 44.0 Å². The third-order valence-electron chi connectivity index (χ3n) is 6.50. The van der Waals surface area contributed by atoms with Gasteiger partial charge in [0.05, 0.1) is 28.5 Å². The maximum atomic E-state index is 14.1. The summed E-state index contributed by atoms with van der Waals surface area (Å²) in [7, 11) is 0. The molecule has 0 bridgehead atoms. The first-order valence-electron chi connectivity index (χ1n) is 11.6. The van der Waals surface area contributed by atoms with Crippen LogP contribution in [0.1, 0.15) is 27.2 Å². The van der Waals surface area contributed by atoms with E-state index in [2.05, 4.69) is 36.0 Å². The fraction of sp³-hybridized carbons (Fsp3) is 0.346. The number of thiazole rings is 1. The van der Waals surface area contributed by atoms with Gasteiger partial charge in [-0.2, -0.15) is 0 Å². The molecule has 10 heteroatoms. The molecule has 2 aromatic carbocycles. The predicted octanol–water partition coefficient (Wildman–Crippen LogP) is 5.93. The molecule has 3 heterocycles. The van der Waals surface area contributed by atoms with Gasteiger partial charge in [0.1, 0.15) is 17.0 Å². The van der Waals surface area contributed by atoms with E-state index in [1.165, 1.54) is 16.9 Å². The fourth-order valence-electron chi connectivity index (χ4n) is 4.28. The molecule has 1 aliphatic rings. The SMILES string of the molecule is Cc1ccc2sc(N(CCN3CCOCC3)C(=O)c3c(-c4ccccc4Cl)noc3C)nc2c1C.Cl. The van der Waals surface area contributed by atoms with Crippen LogP contribution in [0.3, 0.4) is 0 Å². The van der Waals surface area contributed by atoms with Gasteiger partial charge in [0.15, 0.2) is 5.13 Å². The van der Waals surface area contributed by atoms with Gasteiger partial charge in [-0.1, -0.05) is 52.4 Å². The molecule has 36 heavy (non-hydrogen) atoms. The Kier molecular flexibility index (Phi) is 8.32. The topological polar surface area (TPSA) is 71.7 Å². The number of fused-ring (bicyclic) bond motifs is 1. The number of carbonyl (C=O) groups is 1. The first-order valence-corrected chi connectivity index (χ1v) is 12.8. The lowest BCUT2D eigenvalue weighted by molar-refractivity contribution is 0.0391. The Morgan fingerprint density at radius 3 is 2.64 bits per heavy atom. The molecule has 0 spiro atoms. The molecule has 7 nitrogen and oxygen atoms in total. The van der Waals surface area contributed by atoms with Crippen LogP contribution in [-0.4, -0.2) is 60.3 Å². The molecule has 1 fully saturated rings. The van der Waals surface area contributed by atoms with Gasteiger partial charge in [0.2, 0.25) is 0 Å². The molecule has 4 aromatic rings. The first kappa shape index (κ1) is 26.6. The number of morpholine rings is 1. The smallest absolute Gasteiger partial charge is 0.266 e. The van der Waals surface area contributed by atoms with Crippen molar-refractivity contribution in [1.82, 2.24) is 15.0 Å². The van der Waals surface area contributed by atoms with Gasteiger partial charge in [-0.15, -0.1) is 12.4 Å². The highest BCUT2D eigenvalue weighted by molar-refractivity contribution is 7.22. The third kappa shape index (κ3) is 5.14. The third-order valence-corrected chi connectivity index (χ3v) is 7.87. The average Bonchev–Trinajstić information content (AvgIpc) is 3.46. The number of nitrogens with zero attached hydrogens (tertiary/aromatic N) is 4. The van der Waals surface area contributed by atoms with Crippen molar-refractivity contribution in [1.29, 1.82) is 0 Å². The predicted molar refractivity (Wildman–Crippen MR) is 147 cm³/mol. The van der Waals surface area contributed by atoms with Crippen LogP contribution in [-0.2, 0) is 4.74 Å². The van der Waals surface area contributed by atoms with E-state index in [-0.39, 0.29) is 18.3 Å². The number of hydrogen-bond acceptors (Lipinski definition) is 7. The highest BCUT2D eigenvalue weighted by atomic mass is 35.5. The molecule has 190 valence electrons. The average molecular weight is 548 g/mol. The highest BCUT2D eigenvalue weighted by Crippen LogP contribution is 2.36. The second-order valence-electron chi connectivity index (χ2n) is 8.70. The van der Waals surface area contributed by atoms with Crippen molar-refractivity contribution < 1.29 is 14.1 Å². The minimum Gasteiger partial charge on any atom is -0.379 e. The van der Waals surface area contributed by atoms with Crippen molar-refractivity contribution >= 4 is 56.6 Å². The molecular weight excluding hydrogens is 519 g/mol. The van der Waals surface area contributed by atoms with Crippen LogP contribution in [0.25, 0.3) is 21.5 Å². The van der Waals surface area contributed by atoms with Crippen LogP contribution in [0.4, 0.5) is 5.13 Å². The summed E-state index contributed by atoms with van der Waals surface area (Å²) in [6.07, 6.45) is 0. The van der Waals surface area contributed by atoms with Gasteiger partial charge in [0, 0.05) is 31.7 Å². The van der Waals surface area contributed by atoms with E-state index in [4.69, 9.17) is 25.8 Å². The zero-order valence-corrected chi connectivity index (χ0v) is 22.8.